The van der Waals surface area contributed by atoms with Gasteiger partial charge in [0.1, 0.15) is 12.6 Å². The van der Waals surface area contributed by atoms with Crippen LogP contribution < -0.4 is 0 Å². The second kappa shape index (κ2) is 15.7. The molecule has 0 aliphatic rings. The van der Waals surface area contributed by atoms with E-state index < -0.39 is 0 Å². The van der Waals surface area contributed by atoms with Crippen molar-refractivity contribution < 1.29 is 19.2 Å². The summed E-state index contributed by atoms with van der Waals surface area (Å²) in [5.41, 5.74) is 0. The van der Waals surface area contributed by atoms with Crippen LogP contribution in [0.15, 0.2) is 48.6 Å². The Kier molecular flexibility index (Phi) is 14.1. The molecule has 0 fully saturated rings. The van der Waals surface area contributed by atoms with Crippen molar-refractivity contribution in [3.8, 4) is 0 Å². The molecule has 142 valence electrons. The number of rotatable bonds is 13. The molecular formula is C20H28N2O4. The van der Waals surface area contributed by atoms with Gasteiger partial charge in [0, 0.05) is 38.8 Å². The van der Waals surface area contributed by atoms with Gasteiger partial charge in [-0.3, -0.25) is 19.2 Å². The standard InChI is InChI=1S/C20H28N2O4/c1-3-4-15-22(20(26)13-8-6-10-18-24)16-11-14-21(2)19(25)12-7-5-9-17-23/h5-10,12-13,17-18H,3-4,11,14-16H2,1-2H3/b9-5-,10-6-,12-7+,13-8+. The van der Waals surface area contributed by atoms with Gasteiger partial charge in [-0.05, 0) is 25.0 Å². The quantitative estimate of drug-likeness (QED) is 0.286. The van der Waals surface area contributed by atoms with Crippen LogP contribution in [0.25, 0.3) is 0 Å². The van der Waals surface area contributed by atoms with E-state index in [9.17, 15) is 19.2 Å². The van der Waals surface area contributed by atoms with E-state index in [1.165, 1.54) is 42.5 Å². The molecule has 26 heavy (non-hydrogen) atoms. The first-order valence-electron chi connectivity index (χ1n) is 8.67. The van der Waals surface area contributed by atoms with Crippen LogP contribution in [0.2, 0.25) is 0 Å². The Labute approximate surface area is 155 Å². The first-order chi connectivity index (χ1) is 12.6. The Morgan fingerprint density at radius 1 is 0.731 bits per heavy atom. The van der Waals surface area contributed by atoms with Gasteiger partial charge in [0.15, 0.2) is 0 Å². The summed E-state index contributed by atoms with van der Waals surface area (Å²) < 4.78 is 0. The second-order valence-electron chi connectivity index (χ2n) is 5.55. The molecule has 0 saturated heterocycles. The second-order valence-corrected chi connectivity index (χ2v) is 5.55. The van der Waals surface area contributed by atoms with E-state index >= 15 is 0 Å². The molecule has 0 unspecified atom stereocenters. The molecule has 6 nitrogen and oxygen atoms in total. The molecule has 0 N–H and O–H groups in total. The number of carbonyl (C=O) groups is 4. The summed E-state index contributed by atoms with van der Waals surface area (Å²) in [5, 5.41) is 0. The Hall–Kier alpha value is -2.76. The minimum Gasteiger partial charge on any atom is -0.342 e. The number of hydrogen-bond acceptors (Lipinski definition) is 4. The molecule has 0 aromatic carbocycles. The van der Waals surface area contributed by atoms with Gasteiger partial charge in [-0.2, -0.15) is 0 Å². The van der Waals surface area contributed by atoms with Crippen molar-refractivity contribution in [3.63, 3.8) is 0 Å². The predicted molar refractivity (Wildman–Crippen MR) is 102 cm³/mol. The lowest BCUT2D eigenvalue weighted by atomic mass is 10.2. The molecular weight excluding hydrogens is 332 g/mol. The van der Waals surface area contributed by atoms with Crippen LogP contribution in [-0.4, -0.2) is 60.9 Å². The summed E-state index contributed by atoms with van der Waals surface area (Å²) in [6, 6.07) is 0. The van der Waals surface area contributed by atoms with Crippen LogP contribution in [0.1, 0.15) is 26.2 Å². The molecule has 0 saturated carbocycles. The van der Waals surface area contributed by atoms with E-state index in [1.54, 1.807) is 22.9 Å². The number of likely N-dealkylation sites (N-methyl/N-ethyl adjacent to an activating group) is 1. The molecule has 0 aliphatic carbocycles. The molecule has 0 aromatic rings. The summed E-state index contributed by atoms with van der Waals surface area (Å²) in [6.45, 7) is 3.78. The highest BCUT2D eigenvalue weighted by molar-refractivity contribution is 5.88. The molecule has 6 heteroatoms. The van der Waals surface area contributed by atoms with Crippen LogP contribution in [0, 0.1) is 0 Å². The zero-order chi connectivity index (χ0) is 19.6. The van der Waals surface area contributed by atoms with Crippen molar-refractivity contribution in [2.75, 3.05) is 26.7 Å². The number of unbranched alkanes of at least 4 members (excludes halogenated alkanes) is 1. The minimum atomic E-state index is -0.161. The Morgan fingerprint density at radius 2 is 1.27 bits per heavy atom. The highest BCUT2D eigenvalue weighted by Gasteiger charge is 2.11. The molecule has 0 rings (SSSR count). The smallest absolute Gasteiger partial charge is 0.246 e. The Balaban J connectivity index is 4.50. The number of hydrogen-bond donors (Lipinski definition) is 0. The number of amides is 2. The van der Waals surface area contributed by atoms with Crippen molar-refractivity contribution in [2.24, 2.45) is 0 Å². The first kappa shape index (κ1) is 23.2. The average Bonchev–Trinajstić information content (AvgIpc) is 2.64. The highest BCUT2D eigenvalue weighted by atomic mass is 16.2. The molecule has 2 amide bonds. The summed E-state index contributed by atoms with van der Waals surface area (Å²) >= 11 is 0. The Morgan fingerprint density at radius 3 is 1.81 bits per heavy atom. The van der Waals surface area contributed by atoms with E-state index in [2.05, 4.69) is 6.92 Å². The normalized spacial score (nSPS) is 11.6. The van der Waals surface area contributed by atoms with Crippen LogP contribution in [0.3, 0.4) is 0 Å². The maximum Gasteiger partial charge on any atom is 0.246 e. The van der Waals surface area contributed by atoms with E-state index in [1.807, 2.05) is 0 Å². The van der Waals surface area contributed by atoms with Crippen LogP contribution >= 0.6 is 0 Å². The van der Waals surface area contributed by atoms with E-state index in [-0.39, 0.29) is 11.8 Å². The molecule has 0 radical (unpaired) electrons. The molecule has 0 bridgehead atoms. The van der Waals surface area contributed by atoms with Crippen molar-refractivity contribution in [2.45, 2.75) is 26.2 Å². The van der Waals surface area contributed by atoms with Gasteiger partial charge in [-0.1, -0.05) is 37.6 Å². The lowest BCUT2D eigenvalue weighted by Crippen LogP contribution is -2.34. The average molecular weight is 360 g/mol. The van der Waals surface area contributed by atoms with Gasteiger partial charge in [0.25, 0.3) is 0 Å². The predicted octanol–water partition coefficient (Wildman–Crippen LogP) is 2.09. The molecule has 0 aliphatic heterocycles. The third-order valence-corrected chi connectivity index (χ3v) is 3.47. The first-order valence-corrected chi connectivity index (χ1v) is 8.67. The number of aldehydes is 2. The fourth-order valence-electron chi connectivity index (χ4n) is 2.02. The van der Waals surface area contributed by atoms with Gasteiger partial charge in [-0.25, -0.2) is 0 Å². The summed E-state index contributed by atoms with van der Waals surface area (Å²) in [4.78, 5) is 47.8. The van der Waals surface area contributed by atoms with Crippen molar-refractivity contribution in [3.05, 3.63) is 48.6 Å². The lowest BCUT2D eigenvalue weighted by Gasteiger charge is -2.23. The monoisotopic (exact) mass is 360 g/mol. The fourth-order valence-corrected chi connectivity index (χ4v) is 2.02. The topological polar surface area (TPSA) is 74.8 Å². The van der Waals surface area contributed by atoms with Gasteiger partial charge in [-0.15, -0.1) is 0 Å². The SMILES string of the molecule is CCCCN(CCCN(C)C(=O)/C=C/C=C\C=O)C(=O)/C=C/C=C\C=O. The lowest BCUT2D eigenvalue weighted by molar-refractivity contribution is -0.126. The minimum absolute atomic E-state index is 0.109. The zero-order valence-corrected chi connectivity index (χ0v) is 15.5. The van der Waals surface area contributed by atoms with Crippen molar-refractivity contribution >= 4 is 24.4 Å². The summed E-state index contributed by atoms with van der Waals surface area (Å²) in [6.07, 6.45) is 15.4. The maximum absolute atomic E-state index is 12.2. The highest BCUT2D eigenvalue weighted by Crippen LogP contribution is 2.01. The van der Waals surface area contributed by atoms with Gasteiger partial charge >= 0.3 is 0 Å². The van der Waals surface area contributed by atoms with E-state index in [0.29, 0.717) is 38.6 Å². The number of allylic oxidation sites excluding steroid dienone is 6. The summed E-state index contributed by atoms with van der Waals surface area (Å²) in [7, 11) is 1.69. The van der Waals surface area contributed by atoms with Gasteiger partial charge < -0.3 is 9.80 Å². The summed E-state index contributed by atoms with van der Waals surface area (Å²) in [5.74, 6) is -0.271. The van der Waals surface area contributed by atoms with Crippen molar-refractivity contribution in [1.82, 2.24) is 9.80 Å². The molecule has 0 spiro atoms. The van der Waals surface area contributed by atoms with Crippen LogP contribution in [0.5, 0.6) is 0 Å². The van der Waals surface area contributed by atoms with Gasteiger partial charge in [0.05, 0.1) is 0 Å². The maximum atomic E-state index is 12.2. The number of nitrogens with zero attached hydrogens (tertiary/aromatic N) is 2. The third kappa shape index (κ3) is 11.7. The molecule has 0 atom stereocenters. The zero-order valence-electron chi connectivity index (χ0n) is 15.5. The Bertz CT molecular complexity index is 562. The fraction of sp³-hybridized carbons (Fsp3) is 0.400. The molecule has 0 heterocycles. The van der Waals surface area contributed by atoms with Crippen LogP contribution in [-0.2, 0) is 19.2 Å². The van der Waals surface area contributed by atoms with Crippen molar-refractivity contribution in [1.29, 1.82) is 0 Å². The van der Waals surface area contributed by atoms with Crippen LogP contribution in [0.4, 0.5) is 0 Å². The third-order valence-electron chi connectivity index (χ3n) is 3.47. The van der Waals surface area contributed by atoms with Gasteiger partial charge in [0.2, 0.25) is 11.8 Å². The number of carbonyl (C=O) groups excluding carboxylic acids is 4. The van der Waals surface area contributed by atoms with E-state index in [0.717, 1.165) is 12.8 Å². The largest absolute Gasteiger partial charge is 0.342 e. The van der Waals surface area contributed by atoms with E-state index in [4.69, 9.17) is 0 Å². The molecule has 0 aromatic heterocycles.